The first kappa shape index (κ1) is 9.26. The Morgan fingerprint density at radius 2 is 2.23 bits per heavy atom. The molecular weight excluding hydrogens is 160 g/mol. The van der Waals surface area contributed by atoms with E-state index < -0.39 is 0 Å². The van der Waals surface area contributed by atoms with Crippen LogP contribution in [-0.4, -0.2) is 12.7 Å². The minimum absolute atomic E-state index is 0.479. The largest absolute Gasteiger partial charge is 0.377 e. The Labute approximate surface area is 81.2 Å². The first-order valence-corrected chi connectivity index (χ1v) is 5.46. The second kappa shape index (κ2) is 3.45. The highest BCUT2D eigenvalue weighted by molar-refractivity contribution is 5.12. The summed E-state index contributed by atoms with van der Waals surface area (Å²) < 4.78 is 5.94. The molecule has 0 aromatic carbocycles. The van der Waals surface area contributed by atoms with Crippen molar-refractivity contribution in [2.45, 2.75) is 39.7 Å². The number of hydrogen-bond donors (Lipinski definition) is 0. The molecule has 1 heteroatoms. The van der Waals surface area contributed by atoms with Crippen molar-refractivity contribution < 1.29 is 4.74 Å². The summed E-state index contributed by atoms with van der Waals surface area (Å²) in [6.45, 7) is 7.80. The summed E-state index contributed by atoms with van der Waals surface area (Å²) in [5, 5.41) is 0. The third-order valence-corrected chi connectivity index (χ3v) is 3.52. The molecule has 0 spiro atoms. The van der Waals surface area contributed by atoms with Gasteiger partial charge in [-0.1, -0.05) is 25.5 Å². The molecule has 0 aromatic rings. The Balaban J connectivity index is 2.16. The normalized spacial score (nSPS) is 39.1. The number of rotatable bonds is 1. The van der Waals surface area contributed by atoms with E-state index in [0.29, 0.717) is 17.9 Å². The van der Waals surface area contributed by atoms with Crippen LogP contribution in [0.2, 0.25) is 0 Å². The van der Waals surface area contributed by atoms with Gasteiger partial charge in [0.1, 0.15) is 0 Å². The van der Waals surface area contributed by atoms with Crippen LogP contribution in [0.25, 0.3) is 0 Å². The van der Waals surface area contributed by atoms with E-state index in [4.69, 9.17) is 4.74 Å². The summed E-state index contributed by atoms with van der Waals surface area (Å²) in [4.78, 5) is 0. The van der Waals surface area contributed by atoms with E-state index in [0.717, 1.165) is 12.5 Å². The highest BCUT2D eigenvalue weighted by Crippen LogP contribution is 2.39. The van der Waals surface area contributed by atoms with Gasteiger partial charge in [0.25, 0.3) is 0 Å². The molecule has 0 aromatic heterocycles. The number of hydrogen-bond acceptors (Lipinski definition) is 1. The maximum Gasteiger partial charge on any atom is 0.0663 e. The topological polar surface area (TPSA) is 9.23 Å². The van der Waals surface area contributed by atoms with Crippen LogP contribution in [-0.2, 0) is 4.74 Å². The van der Waals surface area contributed by atoms with Crippen LogP contribution in [0.5, 0.6) is 0 Å². The molecule has 1 aliphatic carbocycles. The molecular formula is C12H20O. The van der Waals surface area contributed by atoms with Crippen LogP contribution in [0.4, 0.5) is 0 Å². The lowest BCUT2D eigenvalue weighted by molar-refractivity contribution is -0.0716. The minimum Gasteiger partial charge on any atom is -0.377 e. The zero-order chi connectivity index (χ0) is 9.42. The molecule has 2 bridgehead atoms. The van der Waals surface area contributed by atoms with Gasteiger partial charge in [0.05, 0.1) is 12.7 Å². The fourth-order valence-corrected chi connectivity index (χ4v) is 2.69. The van der Waals surface area contributed by atoms with E-state index in [1.54, 1.807) is 5.57 Å². The average molecular weight is 180 g/mol. The molecule has 13 heavy (non-hydrogen) atoms. The van der Waals surface area contributed by atoms with Crippen LogP contribution in [0, 0.1) is 17.8 Å². The predicted molar refractivity (Wildman–Crippen MR) is 54.5 cm³/mol. The van der Waals surface area contributed by atoms with E-state index in [1.165, 1.54) is 12.8 Å². The lowest BCUT2D eigenvalue weighted by Gasteiger charge is -2.41. The SMILES string of the molecule is CC1=CC[C@@H]2COC(C(C)C)[C@H]1C2. The number of ether oxygens (including phenoxy) is 1. The lowest BCUT2D eigenvalue weighted by atomic mass is 9.74. The van der Waals surface area contributed by atoms with Crippen molar-refractivity contribution in [3.8, 4) is 0 Å². The summed E-state index contributed by atoms with van der Waals surface area (Å²) >= 11 is 0. The average Bonchev–Trinajstić information content (AvgIpc) is 2.12. The van der Waals surface area contributed by atoms with Crippen molar-refractivity contribution in [1.82, 2.24) is 0 Å². The number of allylic oxidation sites excluding steroid dienone is 1. The highest BCUT2D eigenvalue weighted by atomic mass is 16.5. The van der Waals surface area contributed by atoms with Crippen molar-refractivity contribution in [3.63, 3.8) is 0 Å². The van der Waals surface area contributed by atoms with Gasteiger partial charge in [0, 0.05) is 5.92 Å². The van der Waals surface area contributed by atoms with Gasteiger partial charge in [-0.3, -0.25) is 0 Å². The summed E-state index contributed by atoms with van der Waals surface area (Å²) in [6, 6.07) is 0. The fraction of sp³-hybridized carbons (Fsp3) is 0.833. The van der Waals surface area contributed by atoms with Gasteiger partial charge in [0.2, 0.25) is 0 Å². The van der Waals surface area contributed by atoms with Gasteiger partial charge in [-0.15, -0.1) is 0 Å². The van der Waals surface area contributed by atoms with Crippen LogP contribution in [0.1, 0.15) is 33.6 Å². The Hall–Kier alpha value is -0.300. The molecule has 1 heterocycles. The van der Waals surface area contributed by atoms with Gasteiger partial charge in [-0.25, -0.2) is 0 Å². The molecule has 1 aliphatic heterocycles. The third kappa shape index (κ3) is 1.67. The maximum absolute atomic E-state index is 5.94. The Kier molecular flexibility index (Phi) is 2.46. The molecule has 0 N–H and O–H groups in total. The Morgan fingerprint density at radius 1 is 1.46 bits per heavy atom. The van der Waals surface area contributed by atoms with Crippen LogP contribution in [0.3, 0.4) is 0 Å². The molecule has 2 aliphatic rings. The Morgan fingerprint density at radius 3 is 2.92 bits per heavy atom. The molecule has 1 saturated heterocycles. The summed E-state index contributed by atoms with van der Waals surface area (Å²) in [5.74, 6) is 2.18. The zero-order valence-corrected chi connectivity index (χ0v) is 8.92. The number of fused-ring (bicyclic) bond motifs is 2. The van der Waals surface area contributed by atoms with Crippen molar-refractivity contribution in [3.05, 3.63) is 11.6 Å². The standard InChI is InChI=1S/C12H20O/c1-8(2)12-11-6-10(7-13-12)5-4-9(11)3/h4,8,10-12H,5-7H2,1-3H3/t10-,11-,12?/m0/s1. The first-order valence-electron chi connectivity index (χ1n) is 5.46. The van der Waals surface area contributed by atoms with Crippen molar-refractivity contribution >= 4 is 0 Å². The summed E-state index contributed by atoms with van der Waals surface area (Å²) in [6.07, 6.45) is 5.52. The molecule has 0 radical (unpaired) electrons. The molecule has 1 fully saturated rings. The van der Waals surface area contributed by atoms with E-state index in [2.05, 4.69) is 26.8 Å². The van der Waals surface area contributed by atoms with Gasteiger partial charge < -0.3 is 4.74 Å². The zero-order valence-electron chi connectivity index (χ0n) is 8.92. The fourth-order valence-electron chi connectivity index (χ4n) is 2.69. The van der Waals surface area contributed by atoms with Gasteiger partial charge >= 0.3 is 0 Å². The second-order valence-electron chi connectivity index (χ2n) is 4.93. The van der Waals surface area contributed by atoms with E-state index in [1.807, 2.05) is 0 Å². The monoisotopic (exact) mass is 180 g/mol. The quantitative estimate of drug-likeness (QED) is 0.564. The van der Waals surface area contributed by atoms with Crippen molar-refractivity contribution in [1.29, 1.82) is 0 Å². The van der Waals surface area contributed by atoms with Gasteiger partial charge in [-0.2, -0.15) is 0 Å². The van der Waals surface area contributed by atoms with Crippen LogP contribution < -0.4 is 0 Å². The van der Waals surface area contributed by atoms with E-state index >= 15 is 0 Å². The van der Waals surface area contributed by atoms with E-state index in [-0.39, 0.29) is 0 Å². The van der Waals surface area contributed by atoms with Crippen LogP contribution >= 0.6 is 0 Å². The highest BCUT2D eigenvalue weighted by Gasteiger charge is 2.35. The van der Waals surface area contributed by atoms with Crippen LogP contribution in [0.15, 0.2) is 11.6 Å². The third-order valence-electron chi connectivity index (χ3n) is 3.52. The summed E-state index contributed by atoms with van der Waals surface area (Å²) in [5.41, 5.74) is 1.56. The second-order valence-corrected chi connectivity index (χ2v) is 4.93. The molecule has 74 valence electrons. The molecule has 1 nitrogen and oxygen atoms in total. The smallest absolute Gasteiger partial charge is 0.0663 e. The molecule has 2 rings (SSSR count). The molecule has 3 atom stereocenters. The van der Waals surface area contributed by atoms with Gasteiger partial charge in [0.15, 0.2) is 0 Å². The maximum atomic E-state index is 5.94. The van der Waals surface area contributed by atoms with E-state index in [9.17, 15) is 0 Å². The Bertz CT molecular complexity index is 217. The predicted octanol–water partition coefficient (Wildman–Crippen LogP) is 3.01. The van der Waals surface area contributed by atoms with Crippen molar-refractivity contribution in [2.24, 2.45) is 17.8 Å². The minimum atomic E-state index is 0.479. The lowest BCUT2D eigenvalue weighted by Crippen LogP contribution is -2.40. The molecule has 0 saturated carbocycles. The van der Waals surface area contributed by atoms with Crippen molar-refractivity contribution in [2.75, 3.05) is 6.61 Å². The van der Waals surface area contributed by atoms with Gasteiger partial charge in [-0.05, 0) is 31.6 Å². The summed E-state index contributed by atoms with van der Waals surface area (Å²) in [7, 11) is 0. The molecule has 1 unspecified atom stereocenters. The molecule has 0 amide bonds. The first-order chi connectivity index (χ1) is 6.18.